The zero-order valence-corrected chi connectivity index (χ0v) is 13.4. The van der Waals surface area contributed by atoms with Crippen LogP contribution in [0.25, 0.3) is 0 Å². The summed E-state index contributed by atoms with van der Waals surface area (Å²) in [4.78, 5) is 18.2. The van der Waals surface area contributed by atoms with E-state index in [2.05, 4.69) is 15.4 Å². The predicted molar refractivity (Wildman–Crippen MR) is 86.4 cm³/mol. The summed E-state index contributed by atoms with van der Waals surface area (Å²) in [6.07, 6.45) is 5.05. The van der Waals surface area contributed by atoms with E-state index < -0.39 is 0 Å². The quantitative estimate of drug-likeness (QED) is 0.937. The highest BCUT2D eigenvalue weighted by Crippen LogP contribution is 2.18. The smallest absolute Gasteiger partial charge is 0.323 e. The van der Waals surface area contributed by atoms with Crippen LogP contribution >= 0.6 is 0 Å². The van der Waals surface area contributed by atoms with E-state index >= 15 is 0 Å². The van der Waals surface area contributed by atoms with E-state index in [0.717, 1.165) is 24.3 Å². The van der Waals surface area contributed by atoms with E-state index in [4.69, 9.17) is 4.74 Å². The van der Waals surface area contributed by atoms with Crippen LogP contribution in [-0.2, 0) is 13.5 Å². The van der Waals surface area contributed by atoms with Crippen molar-refractivity contribution in [1.82, 2.24) is 19.7 Å². The van der Waals surface area contributed by atoms with Crippen molar-refractivity contribution in [2.45, 2.75) is 25.9 Å². The molecule has 2 aromatic heterocycles. The molecule has 3 heterocycles. The molecule has 122 valence electrons. The number of carbonyl (C=O) groups is 1. The first-order valence-corrected chi connectivity index (χ1v) is 7.81. The van der Waals surface area contributed by atoms with E-state index in [9.17, 15) is 4.79 Å². The van der Waals surface area contributed by atoms with Crippen LogP contribution in [0.2, 0.25) is 0 Å². The van der Waals surface area contributed by atoms with Crippen molar-refractivity contribution in [2.24, 2.45) is 7.05 Å². The van der Waals surface area contributed by atoms with Gasteiger partial charge in [0, 0.05) is 32.3 Å². The van der Waals surface area contributed by atoms with E-state index in [-0.39, 0.29) is 12.1 Å². The third-order valence-electron chi connectivity index (χ3n) is 3.90. The number of hydrogen-bond donors (Lipinski definition) is 1. The number of nitrogens with zero attached hydrogens (tertiary/aromatic N) is 4. The van der Waals surface area contributed by atoms with Gasteiger partial charge < -0.3 is 9.64 Å². The third kappa shape index (κ3) is 3.61. The maximum Gasteiger partial charge on any atom is 0.323 e. The molecule has 1 fully saturated rings. The number of rotatable bonds is 4. The third-order valence-corrected chi connectivity index (χ3v) is 3.90. The van der Waals surface area contributed by atoms with Gasteiger partial charge in [-0.05, 0) is 18.6 Å². The molecule has 0 saturated carbocycles. The Labute approximate surface area is 135 Å². The first-order valence-electron chi connectivity index (χ1n) is 7.81. The summed E-state index contributed by atoms with van der Waals surface area (Å²) in [6.45, 7) is 3.28. The number of nitrogens with one attached hydrogen (secondary N) is 1. The Kier molecular flexibility index (Phi) is 4.45. The van der Waals surface area contributed by atoms with E-state index in [1.165, 1.54) is 0 Å². The van der Waals surface area contributed by atoms with Crippen molar-refractivity contribution in [3.63, 3.8) is 0 Å². The number of anilines is 1. The Morgan fingerprint density at radius 1 is 1.52 bits per heavy atom. The first-order chi connectivity index (χ1) is 11.2. The Balaban J connectivity index is 1.56. The molecule has 1 aliphatic rings. The molecule has 2 aromatic rings. The summed E-state index contributed by atoms with van der Waals surface area (Å²) in [7, 11) is 1.83. The van der Waals surface area contributed by atoms with Crippen molar-refractivity contribution in [1.29, 1.82) is 0 Å². The van der Waals surface area contributed by atoms with E-state index in [1.54, 1.807) is 22.0 Å². The van der Waals surface area contributed by atoms with Gasteiger partial charge in [0.25, 0.3) is 0 Å². The molecule has 3 rings (SSSR count). The summed E-state index contributed by atoms with van der Waals surface area (Å²) < 4.78 is 7.54. The van der Waals surface area contributed by atoms with Crippen LogP contribution in [-0.4, -0.2) is 44.9 Å². The van der Waals surface area contributed by atoms with Gasteiger partial charge in [-0.15, -0.1) is 0 Å². The zero-order chi connectivity index (χ0) is 16.2. The van der Waals surface area contributed by atoms with Gasteiger partial charge in [-0.1, -0.05) is 6.92 Å². The van der Waals surface area contributed by atoms with Gasteiger partial charge in [0.05, 0.1) is 18.4 Å². The molecule has 1 saturated heterocycles. The topological polar surface area (TPSA) is 72.3 Å². The molecule has 0 aliphatic carbocycles. The Bertz CT molecular complexity index is 670. The van der Waals surface area contributed by atoms with Gasteiger partial charge in [0.1, 0.15) is 17.7 Å². The minimum atomic E-state index is -0.118. The molecule has 1 N–H and O–H groups in total. The van der Waals surface area contributed by atoms with E-state index in [1.807, 2.05) is 32.2 Å². The second kappa shape index (κ2) is 6.68. The fourth-order valence-electron chi connectivity index (χ4n) is 2.62. The maximum absolute atomic E-state index is 12.4. The lowest BCUT2D eigenvalue weighted by Gasteiger charge is -2.17. The minimum absolute atomic E-state index is 0.00249. The van der Waals surface area contributed by atoms with Crippen molar-refractivity contribution in [3.05, 3.63) is 36.3 Å². The van der Waals surface area contributed by atoms with Crippen molar-refractivity contribution in [3.8, 4) is 5.75 Å². The number of aromatic nitrogens is 3. The van der Waals surface area contributed by atoms with Gasteiger partial charge in [-0.25, -0.2) is 4.79 Å². The summed E-state index contributed by atoms with van der Waals surface area (Å²) in [5.41, 5.74) is 0.960. The highest BCUT2D eigenvalue weighted by Gasteiger charge is 2.28. The molecule has 0 radical (unpaired) electrons. The van der Waals surface area contributed by atoms with Gasteiger partial charge in [-0.2, -0.15) is 5.10 Å². The summed E-state index contributed by atoms with van der Waals surface area (Å²) >= 11 is 0. The fraction of sp³-hybridized carbons (Fsp3) is 0.438. The van der Waals surface area contributed by atoms with Crippen LogP contribution in [0.1, 0.15) is 19.0 Å². The number of amides is 2. The zero-order valence-electron chi connectivity index (χ0n) is 13.4. The number of hydrogen-bond acceptors (Lipinski definition) is 4. The molecule has 1 aliphatic heterocycles. The predicted octanol–water partition coefficient (Wildman–Crippen LogP) is 2.06. The highest BCUT2D eigenvalue weighted by atomic mass is 16.5. The van der Waals surface area contributed by atoms with E-state index in [0.29, 0.717) is 18.9 Å². The molecule has 23 heavy (non-hydrogen) atoms. The maximum atomic E-state index is 12.4. The molecule has 0 spiro atoms. The SMILES string of the molecule is CCc1cc(NC(=O)N2CCC(Oc3cccnc3)C2)n(C)n1. The van der Waals surface area contributed by atoms with Crippen LogP contribution in [0.5, 0.6) is 5.75 Å². The average molecular weight is 315 g/mol. The Hall–Kier alpha value is -2.57. The molecule has 1 unspecified atom stereocenters. The number of ether oxygens (including phenoxy) is 1. The summed E-state index contributed by atoms with van der Waals surface area (Å²) in [5, 5.41) is 7.24. The van der Waals surface area contributed by atoms with Crippen molar-refractivity contribution < 1.29 is 9.53 Å². The number of aryl methyl sites for hydroxylation is 2. The van der Waals surface area contributed by atoms with Gasteiger partial charge >= 0.3 is 6.03 Å². The number of urea groups is 1. The lowest BCUT2D eigenvalue weighted by atomic mass is 10.3. The van der Waals surface area contributed by atoms with Crippen LogP contribution in [0.4, 0.5) is 10.6 Å². The molecular weight excluding hydrogens is 294 g/mol. The summed E-state index contributed by atoms with van der Waals surface area (Å²) in [5.74, 6) is 1.45. The van der Waals surface area contributed by atoms with Crippen LogP contribution in [0, 0.1) is 0 Å². The monoisotopic (exact) mass is 315 g/mol. The van der Waals surface area contributed by atoms with Crippen LogP contribution in [0.15, 0.2) is 30.6 Å². The molecule has 7 heteroatoms. The largest absolute Gasteiger partial charge is 0.487 e. The average Bonchev–Trinajstić information content (AvgIpc) is 3.15. The Morgan fingerprint density at radius 2 is 2.39 bits per heavy atom. The number of likely N-dealkylation sites (tertiary alicyclic amines) is 1. The molecule has 2 amide bonds. The molecule has 0 bridgehead atoms. The summed E-state index contributed by atoms with van der Waals surface area (Å²) in [6, 6.07) is 5.49. The second-order valence-electron chi connectivity index (χ2n) is 5.59. The van der Waals surface area contributed by atoms with Gasteiger partial charge in [0.2, 0.25) is 0 Å². The molecule has 7 nitrogen and oxygen atoms in total. The van der Waals surface area contributed by atoms with Crippen LogP contribution < -0.4 is 10.1 Å². The lowest BCUT2D eigenvalue weighted by Crippen LogP contribution is -2.35. The second-order valence-corrected chi connectivity index (χ2v) is 5.59. The number of pyridine rings is 1. The fourth-order valence-corrected chi connectivity index (χ4v) is 2.62. The van der Waals surface area contributed by atoms with Gasteiger partial charge in [0.15, 0.2) is 0 Å². The molecule has 0 aromatic carbocycles. The van der Waals surface area contributed by atoms with Crippen molar-refractivity contribution >= 4 is 11.8 Å². The Morgan fingerprint density at radius 3 is 3.09 bits per heavy atom. The lowest BCUT2D eigenvalue weighted by molar-refractivity contribution is 0.194. The minimum Gasteiger partial charge on any atom is -0.487 e. The normalized spacial score (nSPS) is 17.3. The highest BCUT2D eigenvalue weighted by molar-refractivity contribution is 5.88. The standard InChI is InChI=1S/C16H21N5O2/c1-3-12-9-15(20(2)19-12)18-16(22)21-8-6-14(11-21)23-13-5-4-7-17-10-13/h4-5,7,9-10,14H,3,6,8,11H2,1-2H3,(H,18,22). The first kappa shape index (κ1) is 15.3. The van der Waals surface area contributed by atoms with Gasteiger partial charge in [-0.3, -0.25) is 15.0 Å². The molecular formula is C16H21N5O2. The van der Waals surface area contributed by atoms with Crippen LogP contribution in [0.3, 0.4) is 0 Å². The van der Waals surface area contributed by atoms with Crippen molar-refractivity contribution in [2.75, 3.05) is 18.4 Å². The number of carbonyl (C=O) groups excluding carboxylic acids is 1. The molecule has 1 atom stereocenters.